The van der Waals surface area contributed by atoms with E-state index in [9.17, 15) is 0 Å². The van der Waals surface area contributed by atoms with Gasteiger partial charge >= 0.3 is 0 Å². The number of hydrogen-bond acceptors (Lipinski definition) is 1. The summed E-state index contributed by atoms with van der Waals surface area (Å²) in [4.78, 5) is 0. The average Bonchev–Trinajstić information content (AvgIpc) is 3.58. The first-order valence-electron chi connectivity index (χ1n) is 13.1. The van der Waals surface area contributed by atoms with Crippen molar-refractivity contribution in [3.8, 4) is 0 Å². The number of aryl methyl sites for hydroxylation is 1. The molecule has 10 aromatic rings. The molecule has 38 heavy (non-hydrogen) atoms. The lowest BCUT2D eigenvalue weighted by atomic mass is 10.0. The standard InChI is InChI=1S/C35H20N2S/c1-36-28-15-7-11-22-24-13-6-12-23-21-10-4-5-14-27(21)37(32(23)24)29-18-26-25-17-16-19-8-2-3-9-20(19)34(25)38-35(26)33(36)31(29)30(22)28/h2-18H,1H3. The molecule has 0 atom stereocenters. The second kappa shape index (κ2) is 6.45. The fourth-order valence-electron chi connectivity index (χ4n) is 7.26. The Kier molecular flexibility index (Phi) is 3.31. The minimum atomic E-state index is 1.27. The molecule has 4 aromatic heterocycles. The van der Waals surface area contributed by atoms with Crippen LogP contribution in [0.1, 0.15) is 0 Å². The van der Waals surface area contributed by atoms with Gasteiger partial charge in [-0.25, -0.2) is 0 Å². The van der Waals surface area contributed by atoms with E-state index in [2.05, 4.69) is 119 Å². The topological polar surface area (TPSA) is 9.34 Å². The van der Waals surface area contributed by atoms with E-state index in [0.29, 0.717) is 0 Å². The van der Waals surface area contributed by atoms with E-state index in [1.807, 2.05) is 11.3 Å². The Hall–Kier alpha value is -4.60. The zero-order valence-corrected chi connectivity index (χ0v) is 21.4. The third-order valence-electron chi connectivity index (χ3n) is 8.82. The van der Waals surface area contributed by atoms with Gasteiger partial charge in [-0.05, 0) is 34.4 Å². The summed E-state index contributed by atoms with van der Waals surface area (Å²) in [5, 5.41) is 13.3. The van der Waals surface area contributed by atoms with Crippen LogP contribution in [0.2, 0.25) is 0 Å². The van der Waals surface area contributed by atoms with Gasteiger partial charge in [0, 0.05) is 55.0 Å². The van der Waals surface area contributed by atoms with E-state index in [1.54, 1.807) is 0 Å². The van der Waals surface area contributed by atoms with Gasteiger partial charge in [0.15, 0.2) is 0 Å². The quantitative estimate of drug-likeness (QED) is 0.196. The van der Waals surface area contributed by atoms with Crippen molar-refractivity contribution < 1.29 is 0 Å². The molecule has 0 aliphatic carbocycles. The van der Waals surface area contributed by atoms with E-state index in [1.165, 1.54) is 90.8 Å². The van der Waals surface area contributed by atoms with Crippen LogP contribution in [0, 0.1) is 0 Å². The van der Waals surface area contributed by atoms with E-state index < -0.39 is 0 Å². The highest BCUT2D eigenvalue weighted by molar-refractivity contribution is 7.27. The molecule has 0 saturated heterocycles. The van der Waals surface area contributed by atoms with Crippen molar-refractivity contribution in [1.29, 1.82) is 0 Å². The molecule has 3 heteroatoms. The van der Waals surface area contributed by atoms with Crippen LogP contribution in [-0.2, 0) is 7.05 Å². The number of benzene rings is 6. The smallest absolute Gasteiger partial charge is 0.0691 e. The van der Waals surface area contributed by atoms with Crippen molar-refractivity contribution in [1.82, 2.24) is 8.97 Å². The van der Waals surface area contributed by atoms with Crippen LogP contribution in [0.3, 0.4) is 0 Å². The molecular weight excluding hydrogens is 480 g/mol. The number of rotatable bonds is 0. The monoisotopic (exact) mass is 500 g/mol. The maximum atomic E-state index is 2.55. The Labute approximate surface area is 220 Å². The lowest BCUT2D eigenvalue weighted by molar-refractivity contribution is 1.02. The molecule has 0 aliphatic rings. The molecule has 6 aromatic carbocycles. The van der Waals surface area contributed by atoms with Gasteiger partial charge in [-0.15, -0.1) is 11.3 Å². The summed E-state index contributed by atoms with van der Waals surface area (Å²) in [6, 6.07) is 38.4. The number of thiophene rings is 1. The van der Waals surface area contributed by atoms with Crippen LogP contribution in [0.5, 0.6) is 0 Å². The lowest BCUT2D eigenvalue weighted by Gasteiger charge is -2.05. The summed E-state index contributed by atoms with van der Waals surface area (Å²) >= 11 is 1.95. The molecule has 0 bridgehead atoms. The molecule has 176 valence electrons. The van der Waals surface area contributed by atoms with E-state index in [4.69, 9.17) is 0 Å². The molecule has 0 fully saturated rings. The summed E-state index contributed by atoms with van der Waals surface area (Å²) in [5.74, 6) is 0. The Morgan fingerprint density at radius 3 is 2.11 bits per heavy atom. The fraction of sp³-hybridized carbons (Fsp3) is 0.0286. The molecular formula is C35H20N2S. The molecule has 4 heterocycles. The third-order valence-corrected chi connectivity index (χ3v) is 10.1. The first-order valence-corrected chi connectivity index (χ1v) is 13.9. The van der Waals surface area contributed by atoms with Gasteiger partial charge in [0.1, 0.15) is 0 Å². The van der Waals surface area contributed by atoms with Crippen molar-refractivity contribution in [2.45, 2.75) is 0 Å². The summed E-state index contributed by atoms with van der Waals surface area (Å²) < 4.78 is 7.74. The Balaban J connectivity index is 1.64. The molecule has 2 nitrogen and oxygen atoms in total. The molecule has 0 spiro atoms. The van der Waals surface area contributed by atoms with Crippen molar-refractivity contribution in [3.05, 3.63) is 103 Å². The van der Waals surface area contributed by atoms with Gasteiger partial charge in [0.05, 0.1) is 26.8 Å². The second-order valence-electron chi connectivity index (χ2n) is 10.6. The van der Waals surface area contributed by atoms with E-state index in [0.717, 1.165) is 0 Å². The summed E-state index contributed by atoms with van der Waals surface area (Å²) in [6.07, 6.45) is 0. The SMILES string of the molecule is Cn1c2cccc3c4cccc5c6ccccc6n(c6cc7c8ccc9ccccc9c8sc7c1c6c32)c45. The van der Waals surface area contributed by atoms with Crippen LogP contribution in [0.25, 0.3) is 90.8 Å². The maximum Gasteiger partial charge on any atom is 0.0691 e. The average molecular weight is 501 g/mol. The molecule has 0 amide bonds. The van der Waals surface area contributed by atoms with Gasteiger partial charge in [-0.2, -0.15) is 0 Å². The lowest BCUT2D eigenvalue weighted by Crippen LogP contribution is -1.89. The number of nitrogens with zero attached hydrogens (tertiary/aromatic N) is 2. The van der Waals surface area contributed by atoms with Crippen LogP contribution >= 0.6 is 11.3 Å². The molecule has 0 unspecified atom stereocenters. The van der Waals surface area contributed by atoms with Gasteiger partial charge in [-0.3, -0.25) is 0 Å². The highest BCUT2D eigenvalue weighted by Crippen LogP contribution is 2.48. The van der Waals surface area contributed by atoms with Crippen molar-refractivity contribution in [3.63, 3.8) is 0 Å². The van der Waals surface area contributed by atoms with Crippen molar-refractivity contribution in [2.24, 2.45) is 7.05 Å². The number of para-hydroxylation sites is 2. The maximum absolute atomic E-state index is 2.55. The number of hydrogen-bond donors (Lipinski definition) is 0. The first-order chi connectivity index (χ1) is 18.8. The summed E-state index contributed by atoms with van der Waals surface area (Å²) in [7, 11) is 2.25. The second-order valence-corrected chi connectivity index (χ2v) is 11.6. The Morgan fingerprint density at radius 1 is 0.474 bits per heavy atom. The van der Waals surface area contributed by atoms with Crippen LogP contribution < -0.4 is 0 Å². The van der Waals surface area contributed by atoms with Gasteiger partial charge < -0.3 is 8.97 Å². The Morgan fingerprint density at radius 2 is 1.18 bits per heavy atom. The Bertz CT molecular complexity index is 2630. The summed E-state index contributed by atoms with van der Waals surface area (Å²) in [6.45, 7) is 0. The van der Waals surface area contributed by atoms with Crippen LogP contribution in [-0.4, -0.2) is 8.97 Å². The van der Waals surface area contributed by atoms with Gasteiger partial charge in [-0.1, -0.05) is 84.9 Å². The molecule has 0 N–H and O–H groups in total. The highest BCUT2D eigenvalue weighted by atomic mass is 32.1. The van der Waals surface area contributed by atoms with Gasteiger partial charge in [0.2, 0.25) is 0 Å². The van der Waals surface area contributed by atoms with Crippen LogP contribution in [0.4, 0.5) is 0 Å². The first kappa shape index (κ1) is 19.5. The normalized spacial score (nSPS) is 12.9. The predicted molar refractivity (Wildman–Crippen MR) is 165 cm³/mol. The highest BCUT2D eigenvalue weighted by Gasteiger charge is 2.23. The van der Waals surface area contributed by atoms with E-state index >= 15 is 0 Å². The molecule has 10 rings (SSSR count). The zero-order valence-electron chi connectivity index (χ0n) is 20.6. The summed E-state index contributed by atoms with van der Waals surface area (Å²) in [5.41, 5.74) is 6.50. The fourth-order valence-corrected chi connectivity index (χ4v) is 8.67. The van der Waals surface area contributed by atoms with E-state index in [-0.39, 0.29) is 0 Å². The third kappa shape index (κ3) is 2.07. The molecule has 0 saturated carbocycles. The minimum Gasteiger partial charge on any atom is -0.342 e. The predicted octanol–water partition coefficient (Wildman–Crippen LogP) is 10.0. The van der Waals surface area contributed by atoms with Crippen LogP contribution in [0.15, 0.2) is 103 Å². The zero-order chi connectivity index (χ0) is 24.7. The number of aromatic nitrogens is 2. The largest absolute Gasteiger partial charge is 0.342 e. The van der Waals surface area contributed by atoms with Crippen molar-refractivity contribution >= 4 is 102 Å². The molecule has 0 aliphatic heterocycles. The number of fused-ring (bicyclic) bond motifs is 11. The van der Waals surface area contributed by atoms with Gasteiger partial charge in [0.25, 0.3) is 0 Å². The minimum absolute atomic E-state index is 1.27. The molecule has 0 radical (unpaired) electrons. The van der Waals surface area contributed by atoms with Crippen molar-refractivity contribution in [2.75, 3.05) is 0 Å².